The molecule has 0 radical (unpaired) electrons. The zero-order chi connectivity index (χ0) is 16.5. The second-order valence-corrected chi connectivity index (χ2v) is 4.68. The molecule has 0 atom stereocenters. The molecular weight excluding hydrogens is 292 g/mol. The second-order valence-electron chi connectivity index (χ2n) is 4.68. The van der Waals surface area contributed by atoms with Crippen molar-refractivity contribution in [3.05, 3.63) is 12.2 Å². The number of imide groups is 1. The van der Waals surface area contributed by atoms with Crippen LogP contribution >= 0.6 is 0 Å². The maximum atomic E-state index is 11.5. The highest BCUT2D eigenvalue weighted by Crippen LogP contribution is 2.03. The van der Waals surface area contributed by atoms with Crippen molar-refractivity contribution in [2.75, 3.05) is 39.4 Å². The van der Waals surface area contributed by atoms with Crippen LogP contribution in [0.15, 0.2) is 12.2 Å². The van der Waals surface area contributed by atoms with Gasteiger partial charge in [-0.3, -0.25) is 29.0 Å². The first-order chi connectivity index (χ1) is 10.4. The van der Waals surface area contributed by atoms with Gasteiger partial charge < -0.3 is 9.47 Å². The van der Waals surface area contributed by atoms with Crippen LogP contribution in [0.25, 0.3) is 0 Å². The first-order valence-corrected chi connectivity index (χ1v) is 6.92. The molecular formula is C14H20N2O6. The van der Waals surface area contributed by atoms with Crippen LogP contribution in [0.4, 0.5) is 0 Å². The van der Waals surface area contributed by atoms with Gasteiger partial charge in [-0.1, -0.05) is 0 Å². The molecule has 22 heavy (non-hydrogen) atoms. The predicted molar refractivity (Wildman–Crippen MR) is 75.6 cm³/mol. The lowest BCUT2D eigenvalue weighted by atomic mass is 10.4. The second kappa shape index (κ2) is 8.93. The van der Waals surface area contributed by atoms with Crippen molar-refractivity contribution in [1.82, 2.24) is 9.80 Å². The maximum absolute atomic E-state index is 11.5. The number of carbonyl (C=O) groups is 4. The Labute approximate surface area is 128 Å². The highest BCUT2D eigenvalue weighted by Gasteiger charge is 2.23. The molecule has 0 aromatic heterocycles. The SMILES string of the molecule is CC(=O)OCCN(CCOC(C)=O)CCN1C(=O)C=CC1=O. The molecule has 0 spiro atoms. The Hall–Kier alpha value is -2.22. The number of carbonyl (C=O) groups excluding carboxylic acids is 4. The van der Waals surface area contributed by atoms with E-state index in [0.29, 0.717) is 19.6 Å². The van der Waals surface area contributed by atoms with Crippen molar-refractivity contribution in [2.45, 2.75) is 13.8 Å². The van der Waals surface area contributed by atoms with Crippen molar-refractivity contribution in [1.29, 1.82) is 0 Å². The minimum atomic E-state index is -0.381. The van der Waals surface area contributed by atoms with Gasteiger partial charge in [0, 0.05) is 52.2 Å². The third-order valence-electron chi connectivity index (χ3n) is 2.97. The summed E-state index contributed by atoms with van der Waals surface area (Å²) in [5, 5.41) is 0. The van der Waals surface area contributed by atoms with Crippen molar-refractivity contribution in [3.63, 3.8) is 0 Å². The third kappa shape index (κ3) is 6.49. The van der Waals surface area contributed by atoms with Crippen LogP contribution in [0.1, 0.15) is 13.8 Å². The van der Waals surface area contributed by atoms with Crippen LogP contribution in [0.3, 0.4) is 0 Å². The number of amides is 2. The van der Waals surface area contributed by atoms with E-state index in [0.717, 1.165) is 4.90 Å². The molecule has 8 nitrogen and oxygen atoms in total. The van der Waals surface area contributed by atoms with Gasteiger partial charge in [-0.15, -0.1) is 0 Å². The molecule has 2 amide bonds. The lowest BCUT2D eigenvalue weighted by Gasteiger charge is -2.24. The van der Waals surface area contributed by atoms with Crippen molar-refractivity contribution < 1.29 is 28.7 Å². The van der Waals surface area contributed by atoms with E-state index in [2.05, 4.69) is 0 Å². The first kappa shape index (κ1) is 17.8. The molecule has 0 bridgehead atoms. The van der Waals surface area contributed by atoms with E-state index in [9.17, 15) is 19.2 Å². The van der Waals surface area contributed by atoms with E-state index >= 15 is 0 Å². The van der Waals surface area contributed by atoms with Crippen LogP contribution in [-0.4, -0.2) is 72.9 Å². The summed E-state index contributed by atoms with van der Waals surface area (Å²) in [6.07, 6.45) is 2.45. The van der Waals surface area contributed by atoms with Gasteiger partial charge >= 0.3 is 11.9 Å². The molecule has 0 aromatic carbocycles. The predicted octanol–water partition coefficient (Wildman–Crippen LogP) is -0.660. The van der Waals surface area contributed by atoms with Gasteiger partial charge in [-0.05, 0) is 0 Å². The maximum Gasteiger partial charge on any atom is 0.302 e. The fourth-order valence-electron chi connectivity index (χ4n) is 1.87. The van der Waals surface area contributed by atoms with Gasteiger partial charge in [0.25, 0.3) is 11.8 Å². The summed E-state index contributed by atoms with van der Waals surface area (Å²) in [5.74, 6) is -1.45. The van der Waals surface area contributed by atoms with E-state index in [1.165, 1.54) is 26.0 Å². The molecule has 122 valence electrons. The summed E-state index contributed by atoms with van der Waals surface area (Å²) in [6, 6.07) is 0. The molecule has 0 aliphatic carbocycles. The molecule has 1 heterocycles. The Balaban J connectivity index is 2.41. The molecule has 0 saturated carbocycles. The van der Waals surface area contributed by atoms with Gasteiger partial charge in [-0.25, -0.2) is 0 Å². The standard InChI is InChI=1S/C14H20N2O6/c1-11(17)21-9-7-15(8-10-22-12(2)18)5-6-16-13(19)3-4-14(16)20/h3-4H,5-10H2,1-2H3. The summed E-state index contributed by atoms with van der Waals surface area (Å²) in [7, 11) is 0. The van der Waals surface area contributed by atoms with Gasteiger partial charge in [-0.2, -0.15) is 0 Å². The Morgan fingerprint density at radius 2 is 1.41 bits per heavy atom. The number of hydrogen-bond acceptors (Lipinski definition) is 7. The fourth-order valence-corrected chi connectivity index (χ4v) is 1.87. The molecule has 1 aliphatic rings. The molecule has 0 N–H and O–H groups in total. The molecule has 1 aliphatic heterocycles. The number of nitrogens with zero attached hydrogens (tertiary/aromatic N) is 2. The minimum Gasteiger partial charge on any atom is -0.465 e. The van der Waals surface area contributed by atoms with Crippen LogP contribution < -0.4 is 0 Å². The summed E-state index contributed by atoms with van der Waals surface area (Å²) in [6.45, 7) is 4.49. The summed E-state index contributed by atoms with van der Waals surface area (Å²) >= 11 is 0. The Morgan fingerprint density at radius 3 is 1.82 bits per heavy atom. The molecule has 8 heteroatoms. The van der Waals surface area contributed by atoms with Crippen LogP contribution in [-0.2, 0) is 28.7 Å². The lowest BCUT2D eigenvalue weighted by Crippen LogP contribution is -2.41. The quantitative estimate of drug-likeness (QED) is 0.412. The number of rotatable bonds is 9. The number of hydrogen-bond donors (Lipinski definition) is 0. The van der Waals surface area contributed by atoms with E-state index < -0.39 is 0 Å². The largest absolute Gasteiger partial charge is 0.465 e. The van der Waals surface area contributed by atoms with Crippen LogP contribution in [0.5, 0.6) is 0 Å². The monoisotopic (exact) mass is 312 g/mol. The average Bonchev–Trinajstić information content (AvgIpc) is 2.74. The summed E-state index contributed by atoms with van der Waals surface area (Å²) < 4.78 is 9.73. The molecule has 0 aromatic rings. The van der Waals surface area contributed by atoms with Crippen LogP contribution in [0, 0.1) is 0 Å². The molecule has 0 unspecified atom stereocenters. The van der Waals surface area contributed by atoms with Gasteiger partial charge in [0.2, 0.25) is 0 Å². The van der Waals surface area contributed by atoms with Crippen molar-refractivity contribution >= 4 is 23.8 Å². The topological polar surface area (TPSA) is 93.2 Å². The molecule has 0 saturated heterocycles. The van der Waals surface area contributed by atoms with E-state index in [-0.39, 0.29) is 43.5 Å². The van der Waals surface area contributed by atoms with E-state index in [1.807, 2.05) is 4.90 Å². The van der Waals surface area contributed by atoms with E-state index in [4.69, 9.17) is 9.47 Å². The van der Waals surface area contributed by atoms with Gasteiger partial charge in [0.05, 0.1) is 0 Å². The highest BCUT2D eigenvalue weighted by atomic mass is 16.5. The number of esters is 2. The van der Waals surface area contributed by atoms with Crippen molar-refractivity contribution in [3.8, 4) is 0 Å². The highest BCUT2D eigenvalue weighted by molar-refractivity contribution is 6.12. The summed E-state index contributed by atoms with van der Waals surface area (Å²) in [5.41, 5.74) is 0. The normalized spacial score (nSPS) is 13.9. The molecule has 0 fully saturated rings. The van der Waals surface area contributed by atoms with E-state index in [1.54, 1.807) is 0 Å². The average molecular weight is 312 g/mol. The van der Waals surface area contributed by atoms with Gasteiger partial charge in [0.15, 0.2) is 0 Å². The van der Waals surface area contributed by atoms with Crippen LogP contribution in [0.2, 0.25) is 0 Å². The number of ether oxygens (including phenoxy) is 2. The Morgan fingerprint density at radius 1 is 0.955 bits per heavy atom. The molecule has 1 rings (SSSR count). The fraction of sp³-hybridized carbons (Fsp3) is 0.571. The Kier molecular flexibility index (Phi) is 7.24. The van der Waals surface area contributed by atoms with Gasteiger partial charge in [0.1, 0.15) is 13.2 Å². The first-order valence-electron chi connectivity index (χ1n) is 6.92. The van der Waals surface area contributed by atoms with Crippen molar-refractivity contribution in [2.24, 2.45) is 0 Å². The third-order valence-corrected chi connectivity index (χ3v) is 2.97. The minimum absolute atomic E-state index is 0.190. The Bertz CT molecular complexity index is 436. The smallest absolute Gasteiger partial charge is 0.302 e. The zero-order valence-corrected chi connectivity index (χ0v) is 12.7. The zero-order valence-electron chi connectivity index (χ0n) is 12.7. The lowest BCUT2D eigenvalue weighted by molar-refractivity contribution is -0.141. The summed E-state index contributed by atoms with van der Waals surface area (Å²) in [4.78, 5) is 47.4.